The van der Waals surface area contributed by atoms with E-state index in [0.717, 1.165) is 32.2 Å². The van der Waals surface area contributed by atoms with Crippen LogP contribution < -0.4 is 5.32 Å². The van der Waals surface area contributed by atoms with Gasteiger partial charge in [-0.2, -0.15) is 0 Å². The zero-order valence-electron chi connectivity index (χ0n) is 31.2. The van der Waals surface area contributed by atoms with Gasteiger partial charge in [0.05, 0.1) is 17.1 Å². The molecule has 0 amide bonds. The number of fused-ring (bicyclic) bond motifs is 7. The minimum Gasteiger partial charge on any atom is -0.478 e. The van der Waals surface area contributed by atoms with E-state index in [2.05, 4.69) is 59.5 Å². The van der Waals surface area contributed by atoms with E-state index in [1.165, 1.54) is 68.1 Å². The van der Waals surface area contributed by atoms with E-state index in [-0.39, 0.29) is 27.2 Å². The number of hydrogen-bond donors (Lipinski definition) is 2. The fourth-order valence-corrected chi connectivity index (χ4v) is 15.7. The molecule has 1 saturated heterocycles. The smallest absolute Gasteiger partial charge is 0.335 e. The number of sulfone groups is 1. The zero-order chi connectivity index (χ0) is 35.2. The highest BCUT2D eigenvalue weighted by Crippen LogP contribution is 2.76. The van der Waals surface area contributed by atoms with Gasteiger partial charge in [-0.3, -0.25) is 0 Å². The Kier molecular flexibility index (Phi) is 8.74. The van der Waals surface area contributed by atoms with Crippen molar-refractivity contribution < 1.29 is 18.3 Å². The van der Waals surface area contributed by atoms with Gasteiger partial charge in [0, 0.05) is 5.54 Å². The normalized spacial score (nSPS) is 42.6. The predicted octanol–water partition coefficient (Wildman–Crippen LogP) is 9.59. The molecule has 5 fully saturated rings. The van der Waals surface area contributed by atoms with Crippen molar-refractivity contribution >= 4 is 21.4 Å². The summed E-state index contributed by atoms with van der Waals surface area (Å²) in [5.74, 6) is 3.57. The lowest BCUT2D eigenvalue weighted by atomic mass is 9.33. The van der Waals surface area contributed by atoms with Gasteiger partial charge in [0.1, 0.15) is 9.84 Å². The first-order valence-electron chi connectivity index (χ1n) is 19.6. The maximum Gasteiger partial charge on any atom is 0.335 e. The van der Waals surface area contributed by atoms with Gasteiger partial charge in [0.15, 0.2) is 0 Å². The Morgan fingerprint density at radius 1 is 0.878 bits per heavy atom. The molecular weight excluding hydrogens is 627 g/mol. The van der Waals surface area contributed by atoms with Crippen molar-refractivity contribution in [3.63, 3.8) is 0 Å². The monoisotopic (exact) mass is 689 g/mol. The first-order chi connectivity index (χ1) is 23.0. The Hall–Kier alpha value is -1.92. The summed E-state index contributed by atoms with van der Waals surface area (Å²) < 4.78 is 24.1. The third kappa shape index (κ3) is 5.46. The minimum absolute atomic E-state index is 0.0154. The van der Waals surface area contributed by atoms with Gasteiger partial charge in [-0.25, -0.2) is 13.2 Å². The van der Waals surface area contributed by atoms with Crippen molar-refractivity contribution in [3.05, 3.63) is 53.6 Å². The van der Waals surface area contributed by atoms with Crippen molar-refractivity contribution in [2.24, 2.45) is 57.2 Å². The second kappa shape index (κ2) is 12.1. The molecule has 0 radical (unpaired) electrons. The highest BCUT2D eigenvalue weighted by molar-refractivity contribution is 7.91. The topological polar surface area (TPSA) is 83.5 Å². The number of carboxylic acids is 1. The summed E-state index contributed by atoms with van der Waals surface area (Å²) in [6.07, 6.45) is 16.6. The van der Waals surface area contributed by atoms with Crippen LogP contribution in [-0.2, 0) is 9.84 Å². The van der Waals surface area contributed by atoms with Gasteiger partial charge in [-0.15, -0.1) is 0 Å². The molecule has 7 rings (SSSR count). The van der Waals surface area contributed by atoms with Crippen molar-refractivity contribution in [1.82, 2.24) is 5.32 Å². The zero-order valence-corrected chi connectivity index (χ0v) is 32.1. The van der Waals surface area contributed by atoms with Crippen LogP contribution in [0.25, 0.3) is 5.57 Å². The number of carbonyl (C=O) groups is 1. The van der Waals surface area contributed by atoms with Crippen LogP contribution in [0, 0.1) is 57.2 Å². The fraction of sp³-hybridized carbons (Fsp3) is 0.744. The quantitative estimate of drug-likeness (QED) is 0.279. The largest absolute Gasteiger partial charge is 0.478 e. The molecule has 9 atom stereocenters. The second-order valence-corrected chi connectivity index (χ2v) is 21.4. The molecule has 6 heteroatoms. The highest BCUT2D eigenvalue weighted by atomic mass is 32.2. The highest BCUT2D eigenvalue weighted by Gasteiger charge is 2.70. The molecule has 270 valence electrons. The molecule has 4 saturated carbocycles. The van der Waals surface area contributed by atoms with Crippen LogP contribution >= 0.6 is 0 Å². The lowest BCUT2D eigenvalue weighted by molar-refractivity contribution is -0.219. The molecule has 1 heterocycles. The van der Waals surface area contributed by atoms with Gasteiger partial charge in [-0.05, 0) is 171 Å². The molecule has 5 aliphatic carbocycles. The average Bonchev–Trinajstić information content (AvgIpc) is 3.42. The van der Waals surface area contributed by atoms with Crippen molar-refractivity contribution in [2.75, 3.05) is 18.1 Å². The van der Waals surface area contributed by atoms with Crippen LogP contribution in [0.1, 0.15) is 135 Å². The van der Waals surface area contributed by atoms with E-state index in [1.807, 2.05) is 12.1 Å². The number of nitrogens with one attached hydrogen (secondary N) is 1. The molecule has 2 N–H and O–H groups in total. The van der Waals surface area contributed by atoms with Crippen LogP contribution in [0.3, 0.4) is 0 Å². The van der Waals surface area contributed by atoms with Gasteiger partial charge in [-0.1, -0.05) is 65.0 Å². The summed E-state index contributed by atoms with van der Waals surface area (Å²) in [5, 5.41) is 13.7. The molecule has 6 aliphatic rings. The third-order valence-corrected chi connectivity index (χ3v) is 18.5. The van der Waals surface area contributed by atoms with Crippen molar-refractivity contribution in [3.8, 4) is 0 Å². The van der Waals surface area contributed by atoms with Crippen LogP contribution in [-0.4, -0.2) is 43.1 Å². The lowest BCUT2D eigenvalue weighted by Crippen LogP contribution is -2.68. The number of rotatable bonds is 7. The Bertz CT molecular complexity index is 1610. The van der Waals surface area contributed by atoms with E-state index >= 15 is 0 Å². The second-order valence-electron chi connectivity index (χ2n) is 19.1. The predicted molar refractivity (Wildman–Crippen MR) is 200 cm³/mol. The first-order valence-corrected chi connectivity index (χ1v) is 21.4. The van der Waals surface area contributed by atoms with E-state index in [9.17, 15) is 18.3 Å². The van der Waals surface area contributed by atoms with Gasteiger partial charge >= 0.3 is 5.97 Å². The Morgan fingerprint density at radius 2 is 1.57 bits per heavy atom. The summed E-state index contributed by atoms with van der Waals surface area (Å²) in [6.45, 7) is 20.9. The van der Waals surface area contributed by atoms with Crippen LogP contribution in [0.15, 0.2) is 42.5 Å². The SMILES string of the molecule is C=C(C)[C@@H]1CC[C@]2(NCCC3CCS(=O)(=O)CC3)CC[C@]3(C)[C@H](CC[C@@H]4[C@@]5(C)CC=C(c6ccc(C(=O)O)cc6)C(C)(C)[C@@H]5CC[C@]43C)[C@@H]12. The number of benzene rings is 1. The Morgan fingerprint density at radius 3 is 2.22 bits per heavy atom. The number of hydrogen-bond acceptors (Lipinski definition) is 4. The van der Waals surface area contributed by atoms with E-state index < -0.39 is 15.8 Å². The average molecular weight is 690 g/mol. The molecule has 5 nitrogen and oxygen atoms in total. The lowest BCUT2D eigenvalue weighted by Gasteiger charge is -2.72. The Labute approximate surface area is 297 Å². The van der Waals surface area contributed by atoms with Gasteiger partial charge < -0.3 is 10.4 Å². The minimum atomic E-state index is -2.82. The molecular formula is C43H63NO4S. The number of carboxylic acid groups (broad SMARTS) is 1. The molecule has 1 aliphatic heterocycles. The number of allylic oxidation sites excluding steroid dienone is 3. The first kappa shape index (κ1) is 35.5. The molecule has 0 unspecified atom stereocenters. The maximum absolute atomic E-state index is 12.0. The molecule has 0 spiro atoms. The van der Waals surface area contributed by atoms with E-state index in [0.29, 0.717) is 52.6 Å². The summed E-state index contributed by atoms with van der Waals surface area (Å²) in [4.78, 5) is 11.6. The fourth-order valence-electron chi connectivity index (χ4n) is 14.1. The van der Waals surface area contributed by atoms with Crippen LogP contribution in [0.4, 0.5) is 0 Å². The van der Waals surface area contributed by atoms with Crippen LogP contribution in [0.5, 0.6) is 0 Å². The van der Waals surface area contributed by atoms with Crippen LogP contribution in [0.2, 0.25) is 0 Å². The molecule has 0 bridgehead atoms. The summed E-state index contributed by atoms with van der Waals surface area (Å²) in [7, 11) is -2.82. The summed E-state index contributed by atoms with van der Waals surface area (Å²) in [5.41, 5.74) is 5.31. The third-order valence-electron chi connectivity index (χ3n) is 16.8. The summed E-state index contributed by atoms with van der Waals surface area (Å²) >= 11 is 0. The van der Waals surface area contributed by atoms with E-state index in [1.54, 1.807) is 12.1 Å². The molecule has 0 aromatic heterocycles. The van der Waals surface area contributed by atoms with E-state index in [4.69, 9.17) is 0 Å². The van der Waals surface area contributed by atoms with Crippen molar-refractivity contribution in [1.29, 1.82) is 0 Å². The van der Waals surface area contributed by atoms with Gasteiger partial charge in [0.25, 0.3) is 0 Å². The molecule has 49 heavy (non-hydrogen) atoms. The number of aromatic carboxylic acids is 1. The van der Waals surface area contributed by atoms with Gasteiger partial charge in [0.2, 0.25) is 0 Å². The molecule has 1 aromatic rings. The summed E-state index contributed by atoms with van der Waals surface area (Å²) in [6, 6.07) is 7.59. The standard InChI is InChI=1S/C43H63NO4S/c1-28(2)32-14-22-43(44-25-17-29-18-26-49(47,48)27-19-29)24-23-41(6)34(37(32)43)12-13-36-40(5)20-15-33(30-8-10-31(11-9-30)38(45)46)39(3,4)35(40)16-21-42(36,41)7/h8-11,15,29,32,34-37,44H,1,12-14,16-27H2,2-7H3,(H,45,46)/t32-,34+,35-,36+,37+,40-,41+,42+,43-/m0/s1. The maximum atomic E-state index is 12.0. The molecule has 1 aromatic carbocycles. The Balaban J connectivity index is 1.15. The van der Waals surface area contributed by atoms with Crippen molar-refractivity contribution in [2.45, 2.75) is 124 Å².